The second-order valence-corrected chi connectivity index (χ2v) is 8.52. The van der Waals surface area contributed by atoms with Crippen LogP contribution in [0, 0.1) is 0 Å². The van der Waals surface area contributed by atoms with Crippen LogP contribution in [0.4, 0.5) is 0 Å². The Kier molecular flexibility index (Phi) is 10.3. The number of unbranched alkanes of at least 4 members (excludes halogenated alkanes) is 2. The Labute approximate surface area is 211 Å². The normalized spacial score (nSPS) is 15.1. The quantitative estimate of drug-likeness (QED) is 0.154. The summed E-state index contributed by atoms with van der Waals surface area (Å²) in [6, 6.07) is 13.6. The van der Waals surface area contributed by atoms with Crippen molar-refractivity contribution in [3.8, 4) is 11.5 Å². The van der Waals surface area contributed by atoms with Gasteiger partial charge in [0.2, 0.25) is 0 Å². The van der Waals surface area contributed by atoms with Gasteiger partial charge in [-0.15, -0.1) is 0 Å². The molecule has 0 aliphatic carbocycles. The number of carbonyl (C=O) groups is 3. The van der Waals surface area contributed by atoms with E-state index in [0.717, 1.165) is 37.7 Å². The average Bonchev–Trinajstić information content (AvgIpc) is 3.20. The molecule has 1 aliphatic rings. The average molecular weight is 493 g/mol. The van der Waals surface area contributed by atoms with Crippen molar-refractivity contribution in [3.63, 3.8) is 0 Å². The fourth-order valence-corrected chi connectivity index (χ4v) is 3.49. The van der Waals surface area contributed by atoms with Gasteiger partial charge in [-0.2, -0.15) is 0 Å². The maximum atomic E-state index is 12.4. The molecular weight excluding hydrogens is 460 g/mol. The van der Waals surface area contributed by atoms with Crippen molar-refractivity contribution in [2.75, 3.05) is 13.2 Å². The molecule has 1 heterocycles. The highest BCUT2D eigenvalue weighted by atomic mass is 16.6. The molecule has 2 aromatic carbocycles. The minimum Gasteiger partial charge on any atom is -0.494 e. The molecule has 0 amide bonds. The smallest absolute Gasteiger partial charge is 0.343 e. The first kappa shape index (κ1) is 26.7. The maximum absolute atomic E-state index is 12.4. The number of hydrogen-bond donors (Lipinski definition) is 0. The molecule has 7 heteroatoms. The third-order valence-corrected chi connectivity index (χ3v) is 5.56. The number of rotatable bonds is 13. The molecule has 36 heavy (non-hydrogen) atoms. The first-order chi connectivity index (χ1) is 17.4. The molecule has 3 rings (SSSR count). The zero-order valence-corrected chi connectivity index (χ0v) is 20.6. The highest BCUT2D eigenvalue weighted by Crippen LogP contribution is 2.23. The van der Waals surface area contributed by atoms with E-state index in [4.69, 9.17) is 18.9 Å². The van der Waals surface area contributed by atoms with Crippen molar-refractivity contribution in [1.29, 1.82) is 0 Å². The van der Waals surface area contributed by atoms with Gasteiger partial charge in [-0.1, -0.05) is 32.1 Å². The molecule has 2 aromatic rings. The summed E-state index contributed by atoms with van der Waals surface area (Å²) in [4.78, 5) is 35.4. The van der Waals surface area contributed by atoms with E-state index in [1.165, 1.54) is 6.08 Å². The van der Waals surface area contributed by atoms with Crippen LogP contribution in [0.5, 0.6) is 11.5 Å². The summed E-state index contributed by atoms with van der Waals surface area (Å²) in [5.74, 6) is -0.0803. The summed E-state index contributed by atoms with van der Waals surface area (Å²) in [7, 11) is 0. The predicted molar refractivity (Wildman–Crippen MR) is 136 cm³/mol. The van der Waals surface area contributed by atoms with Crippen LogP contribution in [0.25, 0.3) is 6.08 Å². The van der Waals surface area contributed by atoms with Crippen molar-refractivity contribution < 1.29 is 33.3 Å². The summed E-state index contributed by atoms with van der Waals surface area (Å²) in [5.41, 5.74) is 1.74. The molecule has 190 valence electrons. The lowest BCUT2D eigenvalue weighted by Crippen LogP contribution is -2.09. The molecule has 1 fully saturated rings. The van der Waals surface area contributed by atoms with Crippen molar-refractivity contribution >= 4 is 24.0 Å². The molecule has 1 saturated heterocycles. The first-order valence-corrected chi connectivity index (χ1v) is 12.2. The summed E-state index contributed by atoms with van der Waals surface area (Å²) in [5, 5.41) is 0. The van der Waals surface area contributed by atoms with Crippen LogP contribution in [0.1, 0.15) is 61.4 Å². The Hall–Kier alpha value is -3.87. The van der Waals surface area contributed by atoms with E-state index in [2.05, 4.69) is 6.58 Å². The van der Waals surface area contributed by atoms with Gasteiger partial charge in [0.15, 0.2) is 0 Å². The van der Waals surface area contributed by atoms with E-state index in [9.17, 15) is 14.4 Å². The summed E-state index contributed by atoms with van der Waals surface area (Å²) >= 11 is 0. The fourth-order valence-electron chi connectivity index (χ4n) is 3.49. The van der Waals surface area contributed by atoms with E-state index >= 15 is 0 Å². The van der Waals surface area contributed by atoms with E-state index in [-0.39, 0.29) is 18.0 Å². The monoisotopic (exact) mass is 492 g/mol. The molecule has 1 unspecified atom stereocenters. The van der Waals surface area contributed by atoms with E-state index in [1.54, 1.807) is 54.6 Å². The third kappa shape index (κ3) is 8.73. The molecule has 0 aromatic heterocycles. The molecule has 0 radical (unpaired) electrons. The minimum atomic E-state index is -0.475. The van der Waals surface area contributed by atoms with Gasteiger partial charge in [-0.05, 0) is 73.7 Å². The van der Waals surface area contributed by atoms with Crippen LogP contribution in [0.2, 0.25) is 0 Å². The van der Waals surface area contributed by atoms with Gasteiger partial charge < -0.3 is 18.9 Å². The van der Waals surface area contributed by atoms with Crippen molar-refractivity contribution in [3.05, 3.63) is 77.9 Å². The SMILES string of the molecule is C=C1CC(CCCCOc2ccc(C(=O)Oc3ccc(/C=C/C(=O)OCCCC)cc3)cc2)OC1=O. The van der Waals surface area contributed by atoms with Gasteiger partial charge in [0.1, 0.15) is 17.6 Å². The highest BCUT2D eigenvalue weighted by Gasteiger charge is 2.26. The molecular formula is C29H32O7. The lowest BCUT2D eigenvalue weighted by atomic mass is 10.1. The molecule has 0 saturated carbocycles. The third-order valence-electron chi connectivity index (χ3n) is 5.56. The lowest BCUT2D eigenvalue weighted by molar-refractivity contribution is -0.139. The van der Waals surface area contributed by atoms with Crippen molar-refractivity contribution in [1.82, 2.24) is 0 Å². The second kappa shape index (κ2) is 13.9. The Balaban J connectivity index is 1.37. The number of benzene rings is 2. The molecule has 0 N–H and O–H groups in total. The van der Waals surface area contributed by atoms with Crippen LogP contribution in [0.15, 0.2) is 66.8 Å². The van der Waals surface area contributed by atoms with Gasteiger partial charge >= 0.3 is 17.9 Å². The second-order valence-electron chi connectivity index (χ2n) is 8.52. The van der Waals surface area contributed by atoms with Gasteiger partial charge in [0.25, 0.3) is 0 Å². The minimum absolute atomic E-state index is 0.0675. The first-order valence-electron chi connectivity index (χ1n) is 12.2. The van der Waals surface area contributed by atoms with Crippen LogP contribution in [0.3, 0.4) is 0 Å². The topological polar surface area (TPSA) is 88.1 Å². The molecule has 0 bridgehead atoms. The number of carbonyl (C=O) groups excluding carboxylic acids is 3. The van der Waals surface area contributed by atoms with E-state index < -0.39 is 5.97 Å². The summed E-state index contributed by atoms with van der Waals surface area (Å²) < 4.78 is 21.4. The van der Waals surface area contributed by atoms with E-state index in [0.29, 0.717) is 42.3 Å². The van der Waals surface area contributed by atoms with Gasteiger partial charge in [-0.3, -0.25) is 0 Å². The van der Waals surface area contributed by atoms with Crippen LogP contribution in [-0.2, 0) is 19.1 Å². The number of ether oxygens (including phenoxy) is 4. The molecule has 7 nitrogen and oxygen atoms in total. The molecule has 0 spiro atoms. The maximum Gasteiger partial charge on any atom is 0.343 e. The zero-order valence-electron chi connectivity index (χ0n) is 20.6. The Morgan fingerprint density at radius 2 is 1.72 bits per heavy atom. The number of esters is 3. The van der Waals surface area contributed by atoms with Crippen LogP contribution >= 0.6 is 0 Å². The van der Waals surface area contributed by atoms with Crippen LogP contribution < -0.4 is 9.47 Å². The Morgan fingerprint density at radius 3 is 2.39 bits per heavy atom. The van der Waals surface area contributed by atoms with Crippen molar-refractivity contribution in [2.24, 2.45) is 0 Å². The standard InChI is InChI=1S/C29H32O7/c1-3-4-18-34-27(30)17-10-22-8-13-25(14-9-22)35-29(32)23-11-15-24(16-12-23)33-19-6-5-7-26-20-21(2)28(31)36-26/h8-17,26H,2-7,18-20H2,1H3/b17-10+. The predicted octanol–water partition coefficient (Wildman–Crippen LogP) is 5.68. The van der Waals surface area contributed by atoms with Gasteiger partial charge in [0, 0.05) is 18.1 Å². The zero-order chi connectivity index (χ0) is 25.8. The molecule has 1 aliphatic heterocycles. The number of hydrogen-bond acceptors (Lipinski definition) is 7. The summed E-state index contributed by atoms with van der Waals surface area (Å²) in [6.45, 7) is 6.67. The highest BCUT2D eigenvalue weighted by molar-refractivity contribution is 5.91. The van der Waals surface area contributed by atoms with Gasteiger partial charge in [-0.25, -0.2) is 14.4 Å². The molecule has 1 atom stereocenters. The van der Waals surface area contributed by atoms with Crippen LogP contribution in [-0.4, -0.2) is 37.2 Å². The van der Waals surface area contributed by atoms with Gasteiger partial charge in [0.05, 0.1) is 18.8 Å². The Bertz CT molecular complexity index is 1050. The summed E-state index contributed by atoms with van der Waals surface area (Å²) in [6.07, 6.45) is 7.88. The van der Waals surface area contributed by atoms with Crippen molar-refractivity contribution in [2.45, 2.75) is 51.6 Å². The van der Waals surface area contributed by atoms with E-state index in [1.807, 2.05) is 6.92 Å². The lowest BCUT2D eigenvalue weighted by Gasteiger charge is -2.10. The largest absolute Gasteiger partial charge is 0.494 e. The fraction of sp³-hybridized carbons (Fsp3) is 0.345. The number of cyclic esters (lactones) is 1. The Morgan fingerprint density at radius 1 is 1.00 bits per heavy atom.